The predicted octanol–water partition coefficient (Wildman–Crippen LogP) is 4.55. The number of methoxy groups -OCH3 is 2. The van der Waals surface area contributed by atoms with Crippen molar-refractivity contribution in [2.75, 3.05) is 20.5 Å². The molecule has 30 heavy (non-hydrogen) atoms. The molecule has 0 fully saturated rings. The molecule has 0 aliphatic heterocycles. The summed E-state index contributed by atoms with van der Waals surface area (Å²) in [7, 11) is 3.19. The fourth-order valence-electron chi connectivity index (χ4n) is 3.06. The van der Waals surface area contributed by atoms with Crippen LogP contribution in [0.3, 0.4) is 0 Å². The van der Waals surface area contributed by atoms with Crippen molar-refractivity contribution in [1.82, 2.24) is 14.4 Å². The number of pyridine rings is 1. The summed E-state index contributed by atoms with van der Waals surface area (Å²) in [4.78, 5) is 21.7. The third-order valence-corrected chi connectivity index (χ3v) is 6.01. The van der Waals surface area contributed by atoms with Gasteiger partial charge in [0.05, 0.1) is 31.0 Å². The van der Waals surface area contributed by atoms with Crippen molar-refractivity contribution in [2.24, 2.45) is 0 Å². The van der Waals surface area contributed by atoms with Crippen molar-refractivity contribution in [2.45, 2.75) is 11.8 Å². The van der Waals surface area contributed by atoms with Gasteiger partial charge in [-0.15, -0.1) is 11.3 Å². The van der Waals surface area contributed by atoms with Gasteiger partial charge in [0.1, 0.15) is 11.6 Å². The van der Waals surface area contributed by atoms with Crippen LogP contribution in [0, 0.1) is 0 Å². The molecule has 3 aromatic heterocycles. The van der Waals surface area contributed by atoms with Gasteiger partial charge in [-0.2, -0.15) is 0 Å². The summed E-state index contributed by atoms with van der Waals surface area (Å²) in [6.45, 7) is 0.0576. The van der Waals surface area contributed by atoms with E-state index in [1.807, 2.05) is 58.6 Å². The number of benzene rings is 1. The zero-order valence-electron chi connectivity index (χ0n) is 16.6. The van der Waals surface area contributed by atoms with E-state index in [4.69, 9.17) is 14.2 Å². The molecule has 0 saturated carbocycles. The first-order valence-corrected chi connectivity index (χ1v) is 11.1. The third kappa shape index (κ3) is 3.73. The first kappa shape index (κ1) is 20.2. The Morgan fingerprint density at radius 3 is 2.77 bits per heavy atom. The van der Waals surface area contributed by atoms with Gasteiger partial charge in [0, 0.05) is 11.6 Å². The number of thioether (sulfide) groups is 1. The van der Waals surface area contributed by atoms with E-state index < -0.39 is 5.97 Å². The van der Waals surface area contributed by atoms with Crippen molar-refractivity contribution in [1.29, 1.82) is 0 Å². The molecular weight excluding hydrogens is 422 g/mol. The summed E-state index contributed by atoms with van der Waals surface area (Å²) in [5.74, 6) is 0.772. The predicted molar refractivity (Wildman–Crippen MR) is 117 cm³/mol. The molecule has 4 rings (SSSR count). The van der Waals surface area contributed by atoms with Crippen LogP contribution in [-0.4, -0.2) is 40.8 Å². The lowest BCUT2D eigenvalue weighted by Crippen LogP contribution is -2.06. The number of para-hydroxylation sites is 1. The summed E-state index contributed by atoms with van der Waals surface area (Å²) in [6.07, 6.45) is 3.79. The van der Waals surface area contributed by atoms with Crippen LogP contribution in [0.5, 0.6) is 11.5 Å². The minimum absolute atomic E-state index is 0.0576. The van der Waals surface area contributed by atoms with Gasteiger partial charge < -0.3 is 14.2 Å². The molecule has 154 valence electrons. The standard InChI is InChI=1S/C21H19N3O4S2/c1-26-16-9-6-7-14(18(16)27-2)19-22-13(12-30-19)11-28-20(25)17-15-8-4-5-10-24(15)21(23-17)29-3/h4-10,12H,11H2,1-3H3. The van der Waals surface area contributed by atoms with E-state index in [0.29, 0.717) is 28.4 Å². The number of hydrogen-bond donors (Lipinski definition) is 0. The Hall–Kier alpha value is -3.04. The molecule has 4 aromatic rings. The van der Waals surface area contributed by atoms with Gasteiger partial charge in [0.2, 0.25) is 0 Å². The van der Waals surface area contributed by atoms with Crippen LogP contribution >= 0.6 is 23.1 Å². The maximum Gasteiger partial charge on any atom is 0.359 e. The zero-order valence-corrected chi connectivity index (χ0v) is 18.3. The van der Waals surface area contributed by atoms with Crippen molar-refractivity contribution >= 4 is 34.6 Å². The highest BCUT2D eigenvalue weighted by Crippen LogP contribution is 2.39. The largest absolute Gasteiger partial charge is 0.493 e. The van der Waals surface area contributed by atoms with Gasteiger partial charge in [0.25, 0.3) is 0 Å². The average molecular weight is 442 g/mol. The van der Waals surface area contributed by atoms with Crippen LogP contribution in [0.1, 0.15) is 16.2 Å². The van der Waals surface area contributed by atoms with Crippen LogP contribution in [-0.2, 0) is 11.3 Å². The molecule has 1 aromatic carbocycles. The SMILES string of the molecule is COc1cccc(-c2nc(COC(=O)c3nc(SC)n4ccccc34)cs2)c1OC. The Morgan fingerprint density at radius 1 is 1.13 bits per heavy atom. The van der Waals surface area contributed by atoms with Gasteiger partial charge in [-0.25, -0.2) is 14.8 Å². The van der Waals surface area contributed by atoms with Gasteiger partial charge in [-0.3, -0.25) is 4.40 Å². The number of nitrogens with zero attached hydrogens (tertiary/aromatic N) is 3. The average Bonchev–Trinajstić information content (AvgIpc) is 3.41. The van der Waals surface area contributed by atoms with E-state index in [-0.39, 0.29) is 6.61 Å². The van der Waals surface area contributed by atoms with Crippen LogP contribution < -0.4 is 9.47 Å². The normalized spacial score (nSPS) is 10.9. The molecule has 0 atom stereocenters. The summed E-state index contributed by atoms with van der Waals surface area (Å²) >= 11 is 2.92. The number of ether oxygens (including phenoxy) is 3. The monoisotopic (exact) mass is 441 g/mol. The fraction of sp³-hybridized carbons (Fsp3) is 0.190. The van der Waals surface area contributed by atoms with Gasteiger partial charge in [0.15, 0.2) is 22.3 Å². The molecule has 3 heterocycles. The number of rotatable bonds is 7. The van der Waals surface area contributed by atoms with E-state index in [0.717, 1.165) is 15.7 Å². The van der Waals surface area contributed by atoms with Crippen LogP contribution in [0.15, 0.2) is 53.1 Å². The van der Waals surface area contributed by atoms with E-state index in [1.54, 1.807) is 14.2 Å². The van der Waals surface area contributed by atoms with Gasteiger partial charge in [-0.1, -0.05) is 23.9 Å². The lowest BCUT2D eigenvalue weighted by Gasteiger charge is -2.10. The molecule has 0 N–H and O–H groups in total. The lowest BCUT2D eigenvalue weighted by atomic mass is 10.2. The minimum atomic E-state index is -0.479. The third-order valence-electron chi connectivity index (χ3n) is 4.43. The minimum Gasteiger partial charge on any atom is -0.493 e. The molecule has 9 heteroatoms. The highest BCUT2D eigenvalue weighted by molar-refractivity contribution is 7.98. The van der Waals surface area contributed by atoms with Crippen molar-refractivity contribution in [3.05, 3.63) is 59.4 Å². The second-order valence-electron chi connectivity index (χ2n) is 6.16. The Morgan fingerprint density at radius 2 is 2.00 bits per heavy atom. The zero-order chi connectivity index (χ0) is 21.1. The maximum atomic E-state index is 12.7. The Kier molecular flexibility index (Phi) is 5.91. The number of hydrogen-bond acceptors (Lipinski definition) is 8. The lowest BCUT2D eigenvalue weighted by molar-refractivity contribution is 0.0464. The van der Waals surface area contributed by atoms with Crippen LogP contribution in [0.4, 0.5) is 0 Å². The van der Waals surface area contributed by atoms with Crippen LogP contribution in [0.25, 0.3) is 16.1 Å². The van der Waals surface area contributed by atoms with E-state index >= 15 is 0 Å². The number of thiazole rings is 1. The topological polar surface area (TPSA) is 75.0 Å². The highest BCUT2D eigenvalue weighted by atomic mass is 32.2. The van der Waals surface area contributed by atoms with Gasteiger partial charge >= 0.3 is 5.97 Å². The fourth-order valence-corrected chi connectivity index (χ4v) is 4.43. The molecular formula is C21H19N3O4S2. The molecule has 0 unspecified atom stereocenters. The summed E-state index contributed by atoms with van der Waals surface area (Å²) in [5, 5.41) is 3.35. The van der Waals surface area contributed by atoms with E-state index in [2.05, 4.69) is 9.97 Å². The Labute approximate surface area is 181 Å². The number of esters is 1. The molecule has 0 spiro atoms. The highest BCUT2D eigenvalue weighted by Gasteiger charge is 2.19. The summed E-state index contributed by atoms with van der Waals surface area (Å²) in [6, 6.07) is 11.2. The van der Waals surface area contributed by atoms with Crippen LogP contribution in [0.2, 0.25) is 0 Å². The molecule has 7 nitrogen and oxygen atoms in total. The molecule has 0 bridgehead atoms. The Bertz CT molecular complexity index is 1200. The molecule has 0 amide bonds. The van der Waals surface area contributed by atoms with Crippen molar-refractivity contribution < 1.29 is 19.0 Å². The summed E-state index contributed by atoms with van der Waals surface area (Å²) < 4.78 is 18.2. The quantitative estimate of drug-likeness (QED) is 0.308. The maximum absolute atomic E-state index is 12.7. The number of aromatic nitrogens is 3. The Balaban J connectivity index is 1.53. The van der Waals surface area contributed by atoms with Crippen molar-refractivity contribution in [3.8, 4) is 22.1 Å². The number of carbonyl (C=O) groups excluding carboxylic acids is 1. The first-order chi connectivity index (χ1) is 14.7. The summed E-state index contributed by atoms with van der Waals surface area (Å²) in [5.41, 5.74) is 2.49. The van der Waals surface area contributed by atoms with E-state index in [9.17, 15) is 4.79 Å². The second-order valence-corrected chi connectivity index (χ2v) is 7.80. The van der Waals surface area contributed by atoms with Gasteiger partial charge in [-0.05, 0) is 30.5 Å². The van der Waals surface area contributed by atoms with Crippen molar-refractivity contribution in [3.63, 3.8) is 0 Å². The van der Waals surface area contributed by atoms with E-state index in [1.165, 1.54) is 23.1 Å². The molecule has 0 saturated heterocycles. The molecule has 0 radical (unpaired) electrons. The second kappa shape index (κ2) is 8.76. The molecule has 0 aliphatic carbocycles. The number of imidazole rings is 1. The molecule has 0 aliphatic rings. The number of fused-ring (bicyclic) bond motifs is 1. The first-order valence-electron chi connectivity index (χ1n) is 9.00. The smallest absolute Gasteiger partial charge is 0.359 e. The number of carbonyl (C=O) groups is 1.